The first kappa shape index (κ1) is 11.0. The Kier molecular flexibility index (Phi) is 3.11. The van der Waals surface area contributed by atoms with Crippen molar-refractivity contribution >= 4 is 5.97 Å². The lowest BCUT2D eigenvalue weighted by molar-refractivity contribution is -0.139. The molecule has 0 heterocycles. The van der Waals surface area contributed by atoms with E-state index in [2.05, 4.69) is 12.2 Å². The predicted molar refractivity (Wildman–Crippen MR) is 55.8 cm³/mol. The van der Waals surface area contributed by atoms with Gasteiger partial charge in [0.05, 0.1) is 0 Å². The molecule has 1 aliphatic rings. The van der Waals surface area contributed by atoms with Crippen molar-refractivity contribution in [2.24, 2.45) is 11.1 Å². The lowest BCUT2D eigenvalue weighted by atomic mass is 9.77. The molecule has 3 nitrogen and oxygen atoms in total. The Hall–Kier alpha value is -1.09. The van der Waals surface area contributed by atoms with E-state index in [1.165, 1.54) is 5.57 Å². The molecule has 2 atom stereocenters. The number of nitrogens with two attached hydrogens (primary N) is 1. The molecule has 0 saturated heterocycles. The van der Waals surface area contributed by atoms with Crippen molar-refractivity contribution in [3.63, 3.8) is 0 Å². The van der Waals surface area contributed by atoms with E-state index in [1.54, 1.807) is 0 Å². The maximum Gasteiger partial charge on any atom is 0.320 e. The Morgan fingerprint density at radius 1 is 1.79 bits per heavy atom. The topological polar surface area (TPSA) is 63.3 Å². The van der Waals surface area contributed by atoms with Crippen molar-refractivity contribution in [3.8, 4) is 0 Å². The van der Waals surface area contributed by atoms with Crippen molar-refractivity contribution in [1.82, 2.24) is 0 Å². The number of aliphatic carboxylic acids is 1. The largest absolute Gasteiger partial charge is 0.480 e. The number of hydrogen-bond donors (Lipinski definition) is 2. The van der Waals surface area contributed by atoms with Crippen LogP contribution in [0.2, 0.25) is 0 Å². The average Bonchev–Trinajstić information content (AvgIpc) is 2.10. The zero-order valence-corrected chi connectivity index (χ0v) is 8.66. The molecule has 1 aliphatic carbocycles. The predicted octanol–water partition coefficient (Wildman–Crippen LogP) is 1.70. The van der Waals surface area contributed by atoms with Gasteiger partial charge in [0.15, 0.2) is 0 Å². The number of carboxylic acids is 1. The van der Waals surface area contributed by atoms with Crippen LogP contribution in [-0.4, -0.2) is 17.1 Å². The van der Waals surface area contributed by atoms with Crippen LogP contribution in [0, 0.1) is 5.41 Å². The molecule has 0 radical (unpaired) electrons. The van der Waals surface area contributed by atoms with Crippen molar-refractivity contribution in [3.05, 3.63) is 23.8 Å². The summed E-state index contributed by atoms with van der Waals surface area (Å²) in [4.78, 5) is 10.6. The van der Waals surface area contributed by atoms with Crippen LogP contribution in [0.1, 0.15) is 26.7 Å². The molecule has 0 spiro atoms. The minimum Gasteiger partial charge on any atom is -0.480 e. The third-order valence-electron chi connectivity index (χ3n) is 2.64. The van der Waals surface area contributed by atoms with Gasteiger partial charge < -0.3 is 10.8 Å². The smallest absolute Gasteiger partial charge is 0.320 e. The standard InChI is InChI=1S/C11H17NO2/c1-8-3-5-11(2,6-4-8)7-9(12)10(13)14/h3-5,9H,6-7,12H2,1-2H3,(H,13,14)/t9-,11?/m1/s1. The van der Waals surface area contributed by atoms with Gasteiger partial charge in [0.1, 0.15) is 6.04 Å². The summed E-state index contributed by atoms with van der Waals surface area (Å²) >= 11 is 0. The number of rotatable bonds is 3. The first-order valence-corrected chi connectivity index (χ1v) is 4.77. The Balaban J connectivity index is 2.61. The molecule has 0 fully saturated rings. The molecule has 3 heteroatoms. The third kappa shape index (κ3) is 2.70. The zero-order valence-electron chi connectivity index (χ0n) is 8.66. The first-order valence-electron chi connectivity index (χ1n) is 4.77. The van der Waals surface area contributed by atoms with Crippen LogP contribution in [0.4, 0.5) is 0 Å². The maximum absolute atomic E-state index is 10.6. The van der Waals surface area contributed by atoms with Gasteiger partial charge in [-0.15, -0.1) is 0 Å². The van der Waals surface area contributed by atoms with Gasteiger partial charge in [-0.25, -0.2) is 0 Å². The lowest BCUT2D eigenvalue weighted by Crippen LogP contribution is -2.35. The van der Waals surface area contributed by atoms with Crippen LogP contribution >= 0.6 is 0 Å². The Labute approximate surface area is 84.3 Å². The quantitative estimate of drug-likeness (QED) is 0.720. The van der Waals surface area contributed by atoms with Crippen molar-refractivity contribution in [2.75, 3.05) is 0 Å². The second kappa shape index (κ2) is 3.96. The summed E-state index contributed by atoms with van der Waals surface area (Å²) in [5.41, 5.74) is 6.64. The lowest BCUT2D eigenvalue weighted by Gasteiger charge is -2.29. The van der Waals surface area contributed by atoms with Gasteiger partial charge in [0, 0.05) is 0 Å². The third-order valence-corrected chi connectivity index (χ3v) is 2.64. The second-order valence-electron chi connectivity index (χ2n) is 4.29. The summed E-state index contributed by atoms with van der Waals surface area (Å²) in [5, 5.41) is 8.71. The molecular formula is C11H17NO2. The Morgan fingerprint density at radius 3 is 2.86 bits per heavy atom. The van der Waals surface area contributed by atoms with Crippen molar-refractivity contribution < 1.29 is 9.90 Å². The second-order valence-corrected chi connectivity index (χ2v) is 4.29. The van der Waals surface area contributed by atoms with Crippen LogP contribution in [0.25, 0.3) is 0 Å². The molecule has 0 bridgehead atoms. The number of carboxylic acid groups (broad SMARTS) is 1. The first-order chi connectivity index (χ1) is 6.43. The molecule has 78 valence electrons. The molecule has 1 rings (SSSR count). The fraction of sp³-hybridized carbons (Fsp3) is 0.545. The molecular weight excluding hydrogens is 178 g/mol. The van der Waals surface area contributed by atoms with Crippen LogP contribution in [0.5, 0.6) is 0 Å². The van der Waals surface area contributed by atoms with Crippen LogP contribution in [0.15, 0.2) is 23.8 Å². The number of allylic oxidation sites excluding steroid dienone is 4. The summed E-state index contributed by atoms with van der Waals surface area (Å²) < 4.78 is 0. The maximum atomic E-state index is 10.6. The molecule has 0 saturated carbocycles. The fourth-order valence-corrected chi connectivity index (χ4v) is 1.60. The summed E-state index contributed by atoms with van der Waals surface area (Å²) in [6.45, 7) is 4.07. The highest BCUT2D eigenvalue weighted by molar-refractivity contribution is 5.73. The van der Waals surface area contributed by atoms with E-state index < -0.39 is 12.0 Å². The van der Waals surface area contributed by atoms with Gasteiger partial charge in [0.25, 0.3) is 0 Å². The van der Waals surface area contributed by atoms with E-state index in [-0.39, 0.29) is 5.41 Å². The average molecular weight is 195 g/mol. The molecule has 1 unspecified atom stereocenters. The van der Waals surface area contributed by atoms with E-state index in [1.807, 2.05) is 19.9 Å². The molecule has 0 aliphatic heterocycles. The van der Waals surface area contributed by atoms with E-state index in [0.717, 1.165) is 6.42 Å². The SMILES string of the molecule is CC1=CCC(C)(C[C@@H](N)C(=O)O)C=C1. The Morgan fingerprint density at radius 2 is 2.43 bits per heavy atom. The molecule has 0 aromatic carbocycles. The highest BCUT2D eigenvalue weighted by Gasteiger charge is 2.27. The fourth-order valence-electron chi connectivity index (χ4n) is 1.60. The van der Waals surface area contributed by atoms with Gasteiger partial charge in [0.2, 0.25) is 0 Å². The molecule has 14 heavy (non-hydrogen) atoms. The minimum atomic E-state index is -0.925. The number of hydrogen-bond acceptors (Lipinski definition) is 2. The molecule has 0 aromatic rings. The summed E-state index contributed by atoms with van der Waals surface area (Å²) in [5.74, 6) is -0.925. The van der Waals surface area contributed by atoms with Crippen molar-refractivity contribution in [1.29, 1.82) is 0 Å². The normalized spacial score (nSPS) is 28.4. The van der Waals surface area contributed by atoms with Crippen molar-refractivity contribution in [2.45, 2.75) is 32.7 Å². The monoisotopic (exact) mass is 195 g/mol. The number of carbonyl (C=O) groups is 1. The van der Waals surface area contributed by atoms with E-state index in [9.17, 15) is 4.79 Å². The van der Waals surface area contributed by atoms with Crippen LogP contribution < -0.4 is 5.73 Å². The van der Waals surface area contributed by atoms with Crippen LogP contribution in [-0.2, 0) is 4.79 Å². The van der Waals surface area contributed by atoms with Gasteiger partial charge in [-0.2, -0.15) is 0 Å². The highest BCUT2D eigenvalue weighted by atomic mass is 16.4. The summed E-state index contributed by atoms with van der Waals surface area (Å²) in [7, 11) is 0. The summed E-state index contributed by atoms with van der Waals surface area (Å²) in [6, 6.07) is -0.767. The summed E-state index contributed by atoms with van der Waals surface area (Å²) in [6.07, 6.45) is 7.57. The Bertz CT molecular complexity index is 294. The molecule has 3 N–H and O–H groups in total. The zero-order chi connectivity index (χ0) is 10.8. The van der Waals surface area contributed by atoms with E-state index in [4.69, 9.17) is 10.8 Å². The molecule has 0 amide bonds. The van der Waals surface area contributed by atoms with E-state index >= 15 is 0 Å². The minimum absolute atomic E-state index is 0.0999. The van der Waals surface area contributed by atoms with E-state index in [0.29, 0.717) is 6.42 Å². The van der Waals surface area contributed by atoms with Gasteiger partial charge in [-0.1, -0.05) is 30.7 Å². The highest BCUT2D eigenvalue weighted by Crippen LogP contribution is 2.33. The van der Waals surface area contributed by atoms with Crippen LogP contribution in [0.3, 0.4) is 0 Å². The molecule has 0 aromatic heterocycles. The van der Waals surface area contributed by atoms with Gasteiger partial charge in [-0.3, -0.25) is 4.79 Å². The van der Waals surface area contributed by atoms with Gasteiger partial charge >= 0.3 is 5.97 Å². The van der Waals surface area contributed by atoms with Gasteiger partial charge in [-0.05, 0) is 25.2 Å².